The van der Waals surface area contributed by atoms with Crippen LogP contribution in [0.4, 0.5) is 4.79 Å². The lowest BCUT2D eigenvalue weighted by atomic mass is 10.3. The maximum Gasteiger partial charge on any atom is 0.316 e. The van der Waals surface area contributed by atoms with Gasteiger partial charge in [-0.05, 0) is 26.4 Å². The van der Waals surface area contributed by atoms with E-state index in [1.165, 1.54) is 0 Å². The van der Waals surface area contributed by atoms with Gasteiger partial charge in [-0.15, -0.1) is 0 Å². The van der Waals surface area contributed by atoms with Crippen LogP contribution in [0.2, 0.25) is 0 Å². The molecule has 1 aliphatic rings. The van der Waals surface area contributed by atoms with E-state index in [2.05, 4.69) is 15.5 Å². The van der Waals surface area contributed by atoms with Gasteiger partial charge in [0.05, 0.1) is 12.7 Å². The van der Waals surface area contributed by atoms with Crippen molar-refractivity contribution in [2.24, 2.45) is 0 Å². The Hall–Kier alpha value is -1.10. The first-order valence-electron chi connectivity index (χ1n) is 4.42. The lowest BCUT2D eigenvalue weighted by Gasteiger charge is -2.20. The van der Waals surface area contributed by atoms with Crippen LogP contribution in [0.5, 0.6) is 0 Å². The number of hydrogen-bond donors (Lipinski definition) is 2. The number of rotatable bonds is 3. The number of nitrogens with zero attached hydrogens (tertiary/aromatic N) is 1. The molecule has 0 aliphatic carbocycles. The SMILES string of the molecule is CN1CCCC1NC(=O)NCC=O. The average Bonchev–Trinajstić information content (AvgIpc) is 2.48. The van der Waals surface area contributed by atoms with Gasteiger partial charge in [0.2, 0.25) is 0 Å². The second kappa shape index (κ2) is 4.81. The number of urea groups is 1. The number of nitrogens with one attached hydrogen (secondary N) is 2. The molecule has 1 unspecified atom stereocenters. The van der Waals surface area contributed by atoms with Crippen molar-refractivity contribution in [3.05, 3.63) is 0 Å². The van der Waals surface area contributed by atoms with E-state index in [-0.39, 0.29) is 18.7 Å². The first kappa shape index (κ1) is 9.98. The fourth-order valence-corrected chi connectivity index (χ4v) is 1.43. The molecule has 0 aromatic heterocycles. The standard InChI is InChI=1S/C8H15N3O2/c1-11-5-2-3-7(11)10-8(13)9-4-6-12/h6-7H,2-5H2,1H3,(H2,9,10,13). The van der Waals surface area contributed by atoms with E-state index in [0.717, 1.165) is 19.4 Å². The Balaban J connectivity index is 2.22. The fourth-order valence-electron chi connectivity index (χ4n) is 1.43. The monoisotopic (exact) mass is 185 g/mol. The van der Waals surface area contributed by atoms with Crippen LogP contribution in [0.15, 0.2) is 0 Å². The van der Waals surface area contributed by atoms with Gasteiger partial charge in [-0.3, -0.25) is 4.90 Å². The third kappa shape index (κ3) is 3.02. The average molecular weight is 185 g/mol. The quantitative estimate of drug-likeness (QED) is 0.585. The molecular formula is C8H15N3O2. The number of aldehydes is 1. The number of likely N-dealkylation sites (tertiary alicyclic amines) is 1. The highest BCUT2D eigenvalue weighted by atomic mass is 16.2. The van der Waals surface area contributed by atoms with Gasteiger partial charge in [0.15, 0.2) is 0 Å². The van der Waals surface area contributed by atoms with Crippen molar-refractivity contribution in [1.29, 1.82) is 0 Å². The zero-order valence-corrected chi connectivity index (χ0v) is 7.75. The molecule has 0 saturated carbocycles. The first-order valence-corrected chi connectivity index (χ1v) is 4.42. The summed E-state index contributed by atoms with van der Waals surface area (Å²) in [5, 5.41) is 5.22. The zero-order chi connectivity index (χ0) is 9.68. The first-order chi connectivity index (χ1) is 6.24. The van der Waals surface area contributed by atoms with Gasteiger partial charge >= 0.3 is 6.03 Å². The molecule has 1 atom stereocenters. The summed E-state index contributed by atoms with van der Waals surface area (Å²) < 4.78 is 0. The fraction of sp³-hybridized carbons (Fsp3) is 0.750. The Morgan fingerprint density at radius 2 is 2.46 bits per heavy atom. The lowest BCUT2D eigenvalue weighted by Crippen LogP contribution is -2.47. The molecule has 0 bridgehead atoms. The van der Waals surface area contributed by atoms with Crippen LogP contribution < -0.4 is 10.6 Å². The highest BCUT2D eigenvalue weighted by molar-refractivity contribution is 5.76. The molecule has 13 heavy (non-hydrogen) atoms. The van der Waals surface area contributed by atoms with E-state index in [1.54, 1.807) is 0 Å². The third-order valence-electron chi connectivity index (χ3n) is 2.16. The van der Waals surface area contributed by atoms with Crippen LogP contribution in [0.25, 0.3) is 0 Å². The molecule has 0 radical (unpaired) electrons. The molecule has 0 aromatic carbocycles. The zero-order valence-electron chi connectivity index (χ0n) is 7.75. The summed E-state index contributed by atoms with van der Waals surface area (Å²) in [7, 11) is 1.97. The van der Waals surface area contributed by atoms with Gasteiger partial charge in [0.1, 0.15) is 6.29 Å². The van der Waals surface area contributed by atoms with E-state index < -0.39 is 0 Å². The minimum atomic E-state index is -0.272. The molecular weight excluding hydrogens is 170 g/mol. The van der Waals surface area contributed by atoms with Crippen molar-refractivity contribution in [3.8, 4) is 0 Å². The molecule has 5 nitrogen and oxygen atoms in total. The van der Waals surface area contributed by atoms with E-state index >= 15 is 0 Å². The van der Waals surface area contributed by atoms with Crippen molar-refractivity contribution >= 4 is 12.3 Å². The minimum Gasteiger partial charge on any atom is -0.331 e. The number of amides is 2. The van der Waals surface area contributed by atoms with Gasteiger partial charge < -0.3 is 15.4 Å². The maximum atomic E-state index is 11.1. The van der Waals surface area contributed by atoms with Crippen molar-refractivity contribution in [2.75, 3.05) is 20.1 Å². The second-order valence-corrected chi connectivity index (χ2v) is 3.16. The predicted octanol–water partition coefficient (Wildman–Crippen LogP) is -0.464. The summed E-state index contributed by atoms with van der Waals surface area (Å²) >= 11 is 0. The molecule has 1 heterocycles. The Kier molecular flexibility index (Phi) is 3.70. The molecule has 1 saturated heterocycles. The Labute approximate surface area is 77.5 Å². The largest absolute Gasteiger partial charge is 0.331 e. The number of hydrogen-bond acceptors (Lipinski definition) is 3. The number of carbonyl (C=O) groups is 2. The summed E-state index contributed by atoms with van der Waals surface area (Å²) in [5.41, 5.74) is 0. The summed E-state index contributed by atoms with van der Waals surface area (Å²) in [6.45, 7) is 1.08. The van der Waals surface area contributed by atoms with Crippen LogP contribution in [0.3, 0.4) is 0 Å². The summed E-state index contributed by atoms with van der Waals surface area (Å²) in [4.78, 5) is 23.1. The molecule has 2 amide bonds. The van der Waals surface area contributed by atoms with Crippen LogP contribution in [-0.2, 0) is 4.79 Å². The molecule has 1 rings (SSSR count). The van der Waals surface area contributed by atoms with Crippen LogP contribution in [0, 0.1) is 0 Å². The molecule has 0 aromatic rings. The normalized spacial score (nSPS) is 22.7. The summed E-state index contributed by atoms with van der Waals surface area (Å²) in [6.07, 6.45) is 2.87. The van der Waals surface area contributed by atoms with Crippen molar-refractivity contribution < 1.29 is 9.59 Å². The van der Waals surface area contributed by atoms with Gasteiger partial charge in [-0.1, -0.05) is 0 Å². The van der Waals surface area contributed by atoms with Gasteiger partial charge in [-0.2, -0.15) is 0 Å². The second-order valence-electron chi connectivity index (χ2n) is 3.16. The Morgan fingerprint density at radius 3 is 3.00 bits per heavy atom. The van der Waals surface area contributed by atoms with Gasteiger partial charge in [-0.25, -0.2) is 4.79 Å². The highest BCUT2D eigenvalue weighted by Gasteiger charge is 2.21. The number of carbonyl (C=O) groups excluding carboxylic acids is 2. The maximum absolute atomic E-state index is 11.1. The van der Waals surface area contributed by atoms with E-state index in [9.17, 15) is 9.59 Å². The van der Waals surface area contributed by atoms with Gasteiger partial charge in [0.25, 0.3) is 0 Å². The summed E-state index contributed by atoms with van der Waals surface area (Å²) in [6, 6.07) is -0.272. The Bertz CT molecular complexity index is 196. The van der Waals surface area contributed by atoms with E-state index in [1.807, 2.05) is 7.05 Å². The van der Waals surface area contributed by atoms with Crippen LogP contribution in [0.1, 0.15) is 12.8 Å². The Morgan fingerprint density at radius 1 is 1.69 bits per heavy atom. The van der Waals surface area contributed by atoms with Crippen molar-refractivity contribution in [3.63, 3.8) is 0 Å². The molecule has 0 spiro atoms. The minimum absolute atomic E-state index is 0.0717. The molecule has 5 heteroatoms. The molecule has 2 N–H and O–H groups in total. The summed E-state index contributed by atoms with van der Waals surface area (Å²) in [5.74, 6) is 0. The van der Waals surface area contributed by atoms with Crippen LogP contribution in [-0.4, -0.2) is 43.5 Å². The lowest BCUT2D eigenvalue weighted by molar-refractivity contribution is -0.107. The highest BCUT2D eigenvalue weighted by Crippen LogP contribution is 2.11. The van der Waals surface area contributed by atoms with Crippen LogP contribution >= 0.6 is 0 Å². The van der Waals surface area contributed by atoms with Crippen molar-refractivity contribution in [2.45, 2.75) is 19.0 Å². The molecule has 1 aliphatic heterocycles. The van der Waals surface area contributed by atoms with E-state index in [0.29, 0.717) is 6.29 Å². The predicted molar refractivity (Wildman–Crippen MR) is 48.3 cm³/mol. The smallest absolute Gasteiger partial charge is 0.316 e. The third-order valence-corrected chi connectivity index (χ3v) is 2.16. The molecule has 1 fully saturated rings. The molecule has 74 valence electrons. The van der Waals surface area contributed by atoms with E-state index in [4.69, 9.17) is 0 Å². The topological polar surface area (TPSA) is 61.4 Å². The van der Waals surface area contributed by atoms with Crippen molar-refractivity contribution in [1.82, 2.24) is 15.5 Å². The van der Waals surface area contributed by atoms with Gasteiger partial charge in [0, 0.05) is 0 Å².